The van der Waals surface area contributed by atoms with Crippen molar-refractivity contribution in [2.24, 2.45) is 5.41 Å². The number of hydrogen-bond donors (Lipinski definition) is 4. The van der Waals surface area contributed by atoms with Crippen LogP contribution in [-0.2, 0) is 0 Å². The van der Waals surface area contributed by atoms with Gasteiger partial charge in [-0.1, -0.05) is 25.5 Å². The van der Waals surface area contributed by atoms with Crippen LogP contribution in [0, 0.1) is 5.41 Å². The van der Waals surface area contributed by atoms with E-state index < -0.39 is 12.3 Å². The van der Waals surface area contributed by atoms with Crippen LogP contribution in [0.4, 0.5) is 5.69 Å². The average molecular weight is 288 g/mol. The maximum Gasteiger partial charge on any atom is 0.144 e. The Kier molecular flexibility index (Phi) is 4.02. The fourth-order valence-corrected chi connectivity index (χ4v) is 3.62. The molecule has 3 rings (SSSR count). The zero-order chi connectivity index (χ0) is 14.9. The molecule has 4 N–H and O–H groups in total. The van der Waals surface area contributed by atoms with Gasteiger partial charge in [-0.3, -0.25) is 0 Å². The number of benzene rings is 1. The summed E-state index contributed by atoms with van der Waals surface area (Å²) < 4.78 is 0. The Morgan fingerprint density at radius 2 is 2.29 bits per heavy atom. The highest BCUT2D eigenvalue weighted by Crippen LogP contribution is 2.43. The van der Waals surface area contributed by atoms with E-state index in [1.54, 1.807) is 6.08 Å². The molecule has 3 unspecified atom stereocenters. The van der Waals surface area contributed by atoms with Crippen LogP contribution in [0.3, 0.4) is 0 Å². The van der Waals surface area contributed by atoms with Gasteiger partial charge in [0.1, 0.15) is 6.23 Å². The Hall–Kier alpha value is -1.36. The number of aliphatic hydroxyl groups is 2. The fraction of sp³-hybridized carbons (Fsp3) is 0.529. The van der Waals surface area contributed by atoms with Crippen molar-refractivity contribution in [2.45, 2.75) is 38.5 Å². The van der Waals surface area contributed by atoms with Crippen LogP contribution in [0.15, 0.2) is 24.3 Å². The van der Waals surface area contributed by atoms with Gasteiger partial charge in [0.15, 0.2) is 0 Å². The molecule has 21 heavy (non-hydrogen) atoms. The number of fused-ring (bicyclic) bond motifs is 1. The maximum absolute atomic E-state index is 10.9. The summed E-state index contributed by atoms with van der Waals surface area (Å²) >= 11 is 0. The lowest BCUT2D eigenvalue weighted by atomic mass is 9.74. The molecule has 0 aromatic heterocycles. The molecule has 3 atom stereocenters. The third kappa shape index (κ3) is 2.71. The van der Waals surface area contributed by atoms with Crippen LogP contribution in [0.1, 0.15) is 43.4 Å². The quantitative estimate of drug-likeness (QED) is 0.686. The van der Waals surface area contributed by atoms with Crippen molar-refractivity contribution in [3.8, 4) is 0 Å². The van der Waals surface area contributed by atoms with E-state index in [1.807, 2.05) is 24.3 Å². The molecular formula is C17H24N2O2. The number of hydrogen-bond acceptors (Lipinski definition) is 4. The van der Waals surface area contributed by atoms with Crippen molar-refractivity contribution < 1.29 is 10.2 Å². The summed E-state index contributed by atoms with van der Waals surface area (Å²) in [5.74, 6) is 0. The van der Waals surface area contributed by atoms with Crippen molar-refractivity contribution >= 4 is 11.8 Å². The lowest BCUT2D eigenvalue weighted by Gasteiger charge is -2.34. The first-order valence-electron chi connectivity index (χ1n) is 7.80. The summed E-state index contributed by atoms with van der Waals surface area (Å²) in [5.41, 5.74) is 2.85. The van der Waals surface area contributed by atoms with Gasteiger partial charge in [-0.2, -0.15) is 0 Å². The molecule has 1 saturated heterocycles. The lowest BCUT2D eigenvalue weighted by Crippen LogP contribution is -2.31. The molecule has 0 saturated carbocycles. The van der Waals surface area contributed by atoms with E-state index in [4.69, 9.17) is 0 Å². The summed E-state index contributed by atoms with van der Waals surface area (Å²) in [6, 6.07) is 5.95. The molecule has 1 aromatic rings. The van der Waals surface area contributed by atoms with Gasteiger partial charge in [0.2, 0.25) is 0 Å². The van der Waals surface area contributed by atoms with Crippen molar-refractivity contribution in [1.82, 2.24) is 5.32 Å². The zero-order valence-electron chi connectivity index (χ0n) is 12.5. The molecular weight excluding hydrogens is 264 g/mol. The third-order valence-corrected chi connectivity index (χ3v) is 4.76. The number of aliphatic hydroxyl groups excluding tert-OH is 2. The second-order valence-electron chi connectivity index (χ2n) is 6.24. The second kappa shape index (κ2) is 5.79. The monoisotopic (exact) mass is 288 g/mol. The van der Waals surface area contributed by atoms with E-state index in [-0.39, 0.29) is 5.41 Å². The number of rotatable bonds is 4. The SMILES string of the molecule is CCCC1(C(O)c2ccc3c(c2)C=CC(O)N3)CCNC1. The van der Waals surface area contributed by atoms with Crippen LogP contribution >= 0.6 is 0 Å². The molecule has 0 amide bonds. The molecule has 0 radical (unpaired) electrons. The summed E-state index contributed by atoms with van der Waals surface area (Å²) in [4.78, 5) is 0. The Balaban J connectivity index is 1.89. The van der Waals surface area contributed by atoms with Crippen molar-refractivity contribution in [2.75, 3.05) is 18.4 Å². The molecule has 1 aromatic carbocycles. The van der Waals surface area contributed by atoms with E-state index >= 15 is 0 Å². The minimum Gasteiger partial charge on any atom is -0.388 e. The molecule has 2 aliphatic heterocycles. The molecule has 0 aliphatic carbocycles. The van der Waals surface area contributed by atoms with E-state index in [0.29, 0.717) is 0 Å². The normalized spacial score (nSPS) is 29.0. The molecule has 2 heterocycles. The molecule has 4 heteroatoms. The van der Waals surface area contributed by atoms with E-state index in [9.17, 15) is 10.2 Å². The first-order chi connectivity index (χ1) is 10.1. The highest BCUT2D eigenvalue weighted by molar-refractivity contribution is 5.71. The maximum atomic E-state index is 10.9. The van der Waals surface area contributed by atoms with Crippen molar-refractivity contribution in [1.29, 1.82) is 0 Å². The van der Waals surface area contributed by atoms with Gasteiger partial charge in [-0.25, -0.2) is 0 Å². The van der Waals surface area contributed by atoms with Gasteiger partial charge in [-0.15, -0.1) is 0 Å². The van der Waals surface area contributed by atoms with Gasteiger partial charge in [0.05, 0.1) is 6.10 Å². The first-order valence-corrected chi connectivity index (χ1v) is 7.80. The second-order valence-corrected chi connectivity index (χ2v) is 6.24. The van der Waals surface area contributed by atoms with Gasteiger partial charge in [0.25, 0.3) is 0 Å². The summed E-state index contributed by atoms with van der Waals surface area (Å²) in [6.45, 7) is 4.04. The highest BCUT2D eigenvalue weighted by Gasteiger charge is 2.40. The lowest BCUT2D eigenvalue weighted by molar-refractivity contribution is 0.0295. The standard InChI is InChI=1S/C17H24N2O2/c1-2-7-17(8-9-18-11-17)16(21)13-3-5-14-12(10-13)4-6-15(20)19-14/h3-6,10,15-16,18-21H,2,7-9,11H2,1H3. The minimum absolute atomic E-state index is 0.0473. The van der Waals surface area contributed by atoms with Crippen LogP contribution in [0.2, 0.25) is 0 Å². The van der Waals surface area contributed by atoms with Crippen LogP contribution in [0.25, 0.3) is 6.08 Å². The van der Waals surface area contributed by atoms with Gasteiger partial charge in [-0.05, 0) is 48.7 Å². The Bertz CT molecular complexity index is 536. The Morgan fingerprint density at radius 3 is 3.00 bits per heavy atom. The minimum atomic E-state index is -0.626. The molecule has 0 bridgehead atoms. The van der Waals surface area contributed by atoms with E-state index in [2.05, 4.69) is 17.6 Å². The molecule has 0 spiro atoms. The largest absolute Gasteiger partial charge is 0.388 e. The summed E-state index contributed by atoms with van der Waals surface area (Å²) in [6.07, 6.45) is 5.69. The first kappa shape index (κ1) is 14.6. The molecule has 1 fully saturated rings. The van der Waals surface area contributed by atoms with Crippen molar-refractivity contribution in [3.63, 3.8) is 0 Å². The van der Waals surface area contributed by atoms with Gasteiger partial charge >= 0.3 is 0 Å². The van der Waals surface area contributed by atoms with Gasteiger partial charge in [0, 0.05) is 17.6 Å². The summed E-state index contributed by atoms with van der Waals surface area (Å²) in [7, 11) is 0. The Labute approximate surface area is 125 Å². The van der Waals surface area contributed by atoms with E-state index in [1.165, 1.54) is 0 Å². The zero-order valence-corrected chi connectivity index (χ0v) is 12.5. The van der Waals surface area contributed by atoms with Crippen LogP contribution < -0.4 is 10.6 Å². The fourth-order valence-electron chi connectivity index (χ4n) is 3.62. The molecule has 4 nitrogen and oxygen atoms in total. The number of nitrogens with one attached hydrogen (secondary N) is 2. The smallest absolute Gasteiger partial charge is 0.144 e. The predicted molar refractivity (Wildman–Crippen MR) is 84.9 cm³/mol. The van der Waals surface area contributed by atoms with Gasteiger partial charge < -0.3 is 20.8 Å². The summed E-state index contributed by atoms with van der Waals surface area (Å²) in [5, 5.41) is 26.9. The highest BCUT2D eigenvalue weighted by atomic mass is 16.3. The Morgan fingerprint density at radius 1 is 1.43 bits per heavy atom. The molecule has 2 aliphatic rings. The molecule has 114 valence electrons. The predicted octanol–water partition coefficient (Wildman–Crippen LogP) is 2.26. The van der Waals surface area contributed by atoms with Crippen LogP contribution in [0.5, 0.6) is 0 Å². The topological polar surface area (TPSA) is 64.5 Å². The van der Waals surface area contributed by atoms with E-state index in [0.717, 1.165) is 49.2 Å². The number of anilines is 1. The van der Waals surface area contributed by atoms with Crippen molar-refractivity contribution in [3.05, 3.63) is 35.4 Å². The van der Waals surface area contributed by atoms with Crippen LogP contribution in [-0.4, -0.2) is 29.5 Å². The average Bonchev–Trinajstić information content (AvgIpc) is 2.96. The third-order valence-electron chi connectivity index (χ3n) is 4.76.